The quantitative estimate of drug-likeness (QED) is 0.588. The van der Waals surface area contributed by atoms with Crippen LogP contribution in [0.3, 0.4) is 0 Å². The third kappa shape index (κ3) is 2.68. The van der Waals surface area contributed by atoms with Crippen molar-refractivity contribution in [3.05, 3.63) is 42.0 Å². The highest BCUT2D eigenvalue weighted by molar-refractivity contribution is 5.92. The molecule has 5 rings (SSSR count). The molecule has 1 atom stereocenters. The SMILES string of the molecule is Cc1ccc2c(c1)nc(N)n1nc(C3CCCN(c4cnn(C)c4)C3)nc21. The lowest BCUT2D eigenvalue weighted by Gasteiger charge is -2.32. The Hall–Kier alpha value is -3.16. The molecule has 1 saturated heterocycles. The molecule has 8 heteroatoms. The summed E-state index contributed by atoms with van der Waals surface area (Å²) in [4.78, 5) is 11.7. The fourth-order valence-electron chi connectivity index (χ4n) is 3.92. The second kappa shape index (κ2) is 5.94. The summed E-state index contributed by atoms with van der Waals surface area (Å²) < 4.78 is 3.51. The lowest BCUT2D eigenvalue weighted by molar-refractivity contribution is 0.491. The molecule has 0 aliphatic carbocycles. The number of hydrogen-bond donors (Lipinski definition) is 1. The monoisotopic (exact) mass is 362 g/mol. The first-order valence-electron chi connectivity index (χ1n) is 9.24. The van der Waals surface area contributed by atoms with E-state index in [0.29, 0.717) is 5.95 Å². The first kappa shape index (κ1) is 16.0. The number of fused-ring (bicyclic) bond motifs is 3. The van der Waals surface area contributed by atoms with Crippen molar-refractivity contribution in [2.45, 2.75) is 25.7 Å². The van der Waals surface area contributed by atoms with E-state index in [1.165, 1.54) is 0 Å². The number of anilines is 2. The molecule has 27 heavy (non-hydrogen) atoms. The molecular weight excluding hydrogens is 340 g/mol. The van der Waals surface area contributed by atoms with Crippen molar-refractivity contribution >= 4 is 28.2 Å². The first-order valence-corrected chi connectivity index (χ1v) is 9.24. The van der Waals surface area contributed by atoms with Crippen LogP contribution in [0.1, 0.15) is 30.1 Å². The van der Waals surface area contributed by atoms with Crippen LogP contribution < -0.4 is 10.6 Å². The van der Waals surface area contributed by atoms with Crippen LogP contribution in [0.2, 0.25) is 0 Å². The fraction of sp³-hybridized carbons (Fsp3) is 0.368. The van der Waals surface area contributed by atoms with E-state index in [1.54, 1.807) is 4.52 Å². The third-order valence-electron chi connectivity index (χ3n) is 5.31. The van der Waals surface area contributed by atoms with Crippen molar-refractivity contribution in [1.82, 2.24) is 29.4 Å². The van der Waals surface area contributed by atoms with Gasteiger partial charge in [0.15, 0.2) is 11.5 Å². The standard InChI is InChI=1S/C19H22N8/c1-12-5-6-15-16(8-12)22-19(20)27-18(15)23-17(24-27)13-4-3-7-26(10-13)14-9-21-25(2)11-14/h5-6,8-9,11,13H,3-4,7,10H2,1-2H3,(H2,20,22). The van der Waals surface area contributed by atoms with Crippen molar-refractivity contribution in [2.24, 2.45) is 7.05 Å². The summed E-state index contributed by atoms with van der Waals surface area (Å²) in [5, 5.41) is 9.98. The molecule has 3 aromatic heterocycles. The van der Waals surface area contributed by atoms with Crippen molar-refractivity contribution in [3.8, 4) is 0 Å². The minimum Gasteiger partial charge on any atom is -0.368 e. The largest absolute Gasteiger partial charge is 0.368 e. The fourth-order valence-corrected chi connectivity index (χ4v) is 3.92. The molecule has 1 unspecified atom stereocenters. The van der Waals surface area contributed by atoms with E-state index >= 15 is 0 Å². The molecule has 8 nitrogen and oxygen atoms in total. The maximum Gasteiger partial charge on any atom is 0.223 e. The Bertz CT molecular complexity index is 1140. The van der Waals surface area contributed by atoms with E-state index in [-0.39, 0.29) is 5.92 Å². The summed E-state index contributed by atoms with van der Waals surface area (Å²) in [6.45, 7) is 3.96. The van der Waals surface area contributed by atoms with Gasteiger partial charge in [-0.1, -0.05) is 6.07 Å². The summed E-state index contributed by atoms with van der Waals surface area (Å²) >= 11 is 0. The van der Waals surface area contributed by atoms with Crippen LogP contribution in [0.25, 0.3) is 16.6 Å². The number of nitrogen functional groups attached to an aromatic ring is 1. The van der Waals surface area contributed by atoms with Gasteiger partial charge in [-0.25, -0.2) is 9.97 Å². The first-order chi connectivity index (χ1) is 13.1. The molecule has 1 aromatic carbocycles. The normalized spacial score (nSPS) is 17.9. The molecule has 1 fully saturated rings. The van der Waals surface area contributed by atoms with Crippen LogP contribution in [0.15, 0.2) is 30.6 Å². The van der Waals surface area contributed by atoms with Gasteiger partial charge >= 0.3 is 0 Å². The van der Waals surface area contributed by atoms with Gasteiger partial charge in [0.25, 0.3) is 0 Å². The highest BCUT2D eigenvalue weighted by Gasteiger charge is 2.26. The Morgan fingerprint density at radius 3 is 2.93 bits per heavy atom. The molecule has 1 aliphatic heterocycles. The number of benzene rings is 1. The maximum absolute atomic E-state index is 6.16. The Labute approximate surface area is 156 Å². The van der Waals surface area contributed by atoms with Crippen molar-refractivity contribution in [3.63, 3.8) is 0 Å². The molecule has 0 saturated carbocycles. The summed E-state index contributed by atoms with van der Waals surface area (Å²) in [5.41, 5.74) is 10.1. The highest BCUT2D eigenvalue weighted by atomic mass is 15.4. The molecule has 4 aromatic rings. The molecule has 0 radical (unpaired) electrons. The van der Waals surface area contributed by atoms with Crippen LogP contribution in [-0.2, 0) is 7.05 Å². The summed E-state index contributed by atoms with van der Waals surface area (Å²) in [6, 6.07) is 6.15. The number of rotatable bonds is 2. The zero-order valence-corrected chi connectivity index (χ0v) is 15.5. The van der Waals surface area contributed by atoms with Crippen molar-refractivity contribution in [2.75, 3.05) is 23.7 Å². The topological polar surface area (TPSA) is 90.2 Å². The number of piperidine rings is 1. The van der Waals surface area contributed by atoms with Crippen LogP contribution in [0.4, 0.5) is 11.6 Å². The summed E-state index contributed by atoms with van der Waals surface area (Å²) in [6.07, 6.45) is 6.13. The van der Waals surface area contributed by atoms with Gasteiger partial charge < -0.3 is 10.6 Å². The Kier molecular flexibility index (Phi) is 3.53. The lowest BCUT2D eigenvalue weighted by atomic mass is 9.97. The molecule has 0 amide bonds. The van der Waals surface area contributed by atoms with Crippen molar-refractivity contribution < 1.29 is 0 Å². The zero-order valence-electron chi connectivity index (χ0n) is 15.5. The van der Waals surface area contributed by atoms with E-state index in [2.05, 4.69) is 27.2 Å². The van der Waals surface area contributed by atoms with Crippen LogP contribution in [-0.4, -0.2) is 42.5 Å². The second-order valence-electron chi connectivity index (χ2n) is 7.35. The van der Waals surface area contributed by atoms with Gasteiger partial charge in [0, 0.05) is 37.6 Å². The molecule has 1 aliphatic rings. The molecule has 4 heterocycles. The molecule has 2 N–H and O–H groups in total. The zero-order chi connectivity index (χ0) is 18.5. The predicted octanol–water partition coefficient (Wildman–Crippen LogP) is 2.29. The molecule has 0 bridgehead atoms. The highest BCUT2D eigenvalue weighted by Crippen LogP contribution is 2.30. The average Bonchev–Trinajstić information content (AvgIpc) is 3.29. The van der Waals surface area contributed by atoms with Gasteiger partial charge in [0.05, 0.1) is 17.4 Å². The van der Waals surface area contributed by atoms with E-state index < -0.39 is 0 Å². The maximum atomic E-state index is 6.16. The summed E-state index contributed by atoms with van der Waals surface area (Å²) in [5.74, 6) is 1.48. The number of nitrogens with zero attached hydrogens (tertiary/aromatic N) is 7. The molecular formula is C19H22N8. The van der Waals surface area contributed by atoms with E-state index in [0.717, 1.165) is 59.6 Å². The summed E-state index contributed by atoms with van der Waals surface area (Å²) in [7, 11) is 1.94. The minimum atomic E-state index is 0.263. The average molecular weight is 362 g/mol. The number of nitrogens with two attached hydrogens (primary N) is 1. The van der Waals surface area contributed by atoms with Gasteiger partial charge in [-0.2, -0.15) is 9.61 Å². The third-order valence-corrected chi connectivity index (χ3v) is 5.31. The van der Waals surface area contributed by atoms with Gasteiger partial charge in [-0.15, -0.1) is 5.10 Å². The smallest absolute Gasteiger partial charge is 0.223 e. The van der Waals surface area contributed by atoms with Crippen LogP contribution >= 0.6 is 0 Å². The molecule has 0 spiro atoms. The van der Waals surface area contributed by atoms with Crippen molar-refractivity contribution in [1.29, 1.82) is 0 Å². The van der Waals surface area contributed by atoms with E-state index in [9.17, 15) is 0 Å². The lowest BCUT2D eigenvalue weighted by Crippen LogP contribution is -2.34. The second-order valence-corrected chi connectivity index (χ2v) is 7.35. The number of hydrogen-bond acceptors (Lipinski definition) is 6. The Morgan fingerprint density at radius 2 is 2.11 bits per heavy atom. The van der Waals surface area contributed by atoms with Gasteiger partial charge in [-0.3, -0.25) is 4.68 Å². The Morgan fingerprint density at radius 1 is 1.22 bits per heavy atom. The predicted molar refractivity (Wildman–Crippen MR) is 105 cm³/mol. The van der Waals surface area contributed by atoms with Gasteiger partial charge in [0.1, 0.15) is 0 Å². The minimum absolute atomic E-state index is 0.263. The van der Waals surface area contributed by atoms with Gasteiger partial charge in [-0.05, 0) is 37.5 Å². The Balaban J connectivity index is 1.54. The van der Waals surface area contributed by atoms with Crippen LogP contribution in [0, 0.1) is 6.92 Å². The van der Waals surface area contributed by atoms with E-state index in [4.69, 9.17) is 15.8 Å². The number of aromatic nitrogens is 6. The van der Waals surface area contributed by atoms with E-state index in [1.807, 2.05) is 37.0 Å². The van der Waals surface area contributed by atoms with Gasteiger partial charge in [0.2, 0.25) is 5.95 Å². The van der Waals surface area contributed by atoms with Crippen LogP contribution in [0.5, 0.6) is 0 Å². The molecule has 138 valence electrons. The number of aryl methyl sites for hydroxylation is 2.